The average Bonchev–Trinajstić information content (AvgIpc) is 3.99. The lowest BCUT2D eigenvalue weighted by atomic mass is 10.0. The molecular formula is C58H34N4O. The Labute approximate surface area is 360 Å². The molecule has 14 rings (SSSR count). The standard InChI is InChI=1S/C58H34N4O/c1-2-15-36-32-54-46(31-35(36)14-1)40-19-4-9-27-51(40)62(54)52-28-12-16-37-33-53-47(34-45(37)52)41-20-3-8-26-50(41)61(53)39-18-11-17-38(30-39)56-57(60-49-25-7-6-24-48(49)59-56)44-23-13-22-43-42-21-5-10-29-55(42)63-58(43)44/h1-34H. The van der Waals surface area contributed by atoms with Gasteiger partial charge in [0.15, 0.2) is 0 Å². The Morgan fingerprint density at radius 3 is 1.76 bits per heavy atom. The van der Waals surface area contributed by atoms with Gasteiger partial charge in [0.1, 0.15) is 16.9 Å². The molecule has 0 N–H and O–H groups in total. The lowest BCUT2D eigenvalue weighted by Gasteiger charge is -2.14. The molecule has 0 fully saturated rings. The normalized spacial score (nSPS) is 12.1. The number of nitrogens with zero attached hydrogens (tertiary/aromatic N) is 4. The highest BCUT2D eigenvalue weighted by atomic mass is 16.3. The van der Waals surface area contributed by atoms with Crippen LogP contribution in [0.3, 0.4) is 0 Å². The van der Waals surface area contributed by atoms with Crippen molar-refractivity contribution in [2.75, 3.05) is 0 Å². The van der Waals surface area contributed by atoms with Gasteiger partial charge in [-0.2, -0.15) is 0 Å². The van der Waals surface area contributed by atoms with Crippen molar-refractivity contribution in [3.8, 4) is 33.9 Å². The maximum Gasteiger partial charge on any atom is 0.144 e. The monoisotopic (exact) mass is 802 g/mol. The topological polar surface area (TPSA) is 48.8 Å². The van der Waals surface area contributed by atoms with Crippen LogP contribution in [-0.4, -0.2) is 19.1 Å². The van der Waals surface area contributed by atoms with Crippen molar-refractivity contribution in [1.82, 2.24) is 19.1 Å². The van der Waals surface area contributed by atoms with E-state index < -0.39 is 0 Å². The molecule has 0 aliphatic heterocycles. The van der Waals surface area contributed by atoms with Crippen LogP contribution < -0.4 is 0 Å². The van der Waals surface area contributed by atoms with Gasteiger partial charge in [-0.25, -0.2) is 9.97 Å². The predicted molar refractivity (Wildman–Crippen MR) is 261 cm³/mol. The Balaban J connectivity index is 0.994. The number of para-hydroxylation sites is 6. The van der Waals surface area contributed by atoms with E-state index in [0.29, 0.717) is 0 Å². The number of rotatable bonds is 4. The third kappa shape index (κ3) is 4.99. The number of hydrogen-bond acceptors (Lipinski definition) is 3. The molecule has 0 atom stereocenters. The third-order valence-corrected chi connectivity index (χ3v) is 13.0. The Morgan fingerprint density at radius 2 is 0.937 bits per heavy atom. The maximum atomic E-state index is 6.57. The fourth-order valence-electron chi connectivity index (χ4n) is 10.2. The highest BCUT2D eigenvalue weighted by molar-refractivity contribution is 6.18. The molecule has 4 aromatic heterocycles. The highest BCUT2D eigenvalue weighted by Gasteiger charge is 2.22. The van der Waals surface area contributed by atoms with Crippen molar-refractivity contribution in [1.29, 1.82) is 0 Å². The van der Waals surface area contributed by atoms with Gasteiger partial charge >= 0.3 is 0 Å². The maximum absolute atomic E-state index is 6.57. The quantitative estimate of drug-likeness (QED) is 0.178. The van der Waals surface area contributed by atoms with Crippen molar-refractivity contribution in [2.45, 2.75) is 0 Å². The highest BCUT2D eigenvalue weighted by Crippen LogP contribution is 2.43. The molecule has 0 bridgehead atoms. The minimum atomic E-state index is 0.786. The largest absolute Gasteiger partial charge is 0.455 e. The van der Waals surface area contributed by atoms with E-state index in [9.17, 15) is 0 Å². The van der Waals surface area contributed by atoms with E-state index in [-0.39, 0.29) is 0 Å². The molecular weight excluding hydrogens is 769 g/mol. The molecule has 14 aromatic rings. The van der Waals surface area contributed by atoms with Crippen molar-refractivity contribution < 1.29 is 4.42 Å². The summed E-state index contributed by atoms with van der Waals surface area (Å²) in [7, 11) is 0. The Morgan fingerprint density at radius 1 is 0.349 bits per heavy atom. The van der Waals surface area contributed by atoms with Crippen LogP contribution in [0.5, 0.6) is 0 Å². The predicted octanol–water partition coefficient (Wildman–Crippen LogP) is 15.4. The summed E-state index contributed by atoms with van der Waals surface area (Å²) in [6, 6.07) is 73.8. The van der Waals surface area contributed by atoms with Gasteiger partial charge in [-0.05, 0) is 95.0 Å². The molecule has 0 amide bonds. The lowest BCUT2D eigenvalue weighted by Crippen LogP contribution is -1.98. The molecule has 5 nitrogen and oxygen atoms in total. The first-order valence-corrected chi connectivity index (χ1v) is 21.4. The fourth-order valence-corrected chi connectivity index (χ4v) is 10.2. The zero-order valence-electron chi connectivity index (χ0n) is 33.8. The molecule has 292 valence electrons. The second kappa shape index (κ2) is 13.0. The van der Waals surface area contributed by atoms with E-state index >= 15 is 0 Å². The summed E-state index contributed by atoms with van der Waals surface area (Å²) in [5.74, 6) is 0. The van der Waals surface area contributed by atoms with Crippen LogP contribution in [0.15, 0.2) is 211 Å². The van der Waals surface area contributed by atoms with Crippen LogP contribution >= 0.6 is 0 Å². The summed E-state index contributed by atoms with van der Waals surface area (Å²) < 4.78 is 11.4. The number of hydrogen-bond donors (Lipinski definition) is 0. The molecule has 5 heteroatoms. The van der Waals surface area contributed by atoms with E-state index in [4.69, 9.17) is 14.4 Å². The zero-order chi connectivity index (χ0) is 41.2. The SMILES string of the molecule is c1cc(-c2nc3ccccc3nc2-c2cccc3c2oc2ccccc23)cc(-n2c3ccccc3c3cc4c(-n5c6ccccc6c6cc7ccccc7cc65)cccc4cc32)c1. The van der Waals surface area contributed by atoms with Crippen molar-refractivity contribution >= 4 is 98.1 Å². The Hall–Kier alpha value is -8.54. The summed E-state index contributed by atoms with van der Waals surface area (Å²) >= 11 is 0. The molecule has 0 saturated heterocycles. The average molecular weight is 803 g/mol. The van der Waals surface area contributed by atoms with Gasteiger partial charge in [-0.1, -0.05) is 127 Å². The minimum Gasteiger partial charge on any atom is -0.455 e. The molecule has 0 saturated carbocycles. The first-order valence-electron chi connectivity index (χ1n) is 21.4. The molecule has 4 heterocycles. The number of benzene rings is 10. The number of furan rings is 1. The fraction of sp³-hybridized carbons (Fsp3) is 0. The second-order valence-corrected chi connectivity index (χ2v) is 16.5. The Kier molecular flexibility index (Phi) is 7.05. The van der Waals surface area contributed by atoms with E-state index in [0.717, 1.165) is 77.9 Å². The number of aromatic nitrogens is 4. The van der Waals surface area contributed by atoms with Crippen LogP contribution in [0, 0.1) is 0 Å². The number of fused-ring (bicyclic) bond motifs is 12. The van der Waals surface area contributed by atoms with Crippen LogP contribution in [-0.2, 0) is 0 Å². The first kappa shape index (κ1) is 34.2. The van der Waals surface area contributed by atoms with Gasteiger partial charge in [0.2, 0.25) is 0 Å². The van der Waals surface area contributed by atoms with E-state index in [2.05, 4.69) is 179 Å². The van der Waals surface area contributed by atoms with Gasteiger partial charge in [0.25, 0.3) is 0 Å². The molecule has 0 aliphatic rings. The van der Waals surface area contributed by atoms with E-state index in [1.54, 1.807) is 0 Å². The van der Waals surface area contributed by atoms with Gasteiger partial charge in [0.05, 0.1) is 44.5 Å². The smallest absolute Gasteiger partial charge is 0.144 e. The van der Waals surface area contributed by atoms with Crippen LogP contribution in [0.25, 0.3) is 132 Å². The van der Waals surface area contributed by atoms with Gasteiger partial charge < -0.3 is 13.6 Å². The Bertz CT molecular complexity index is 4230. The van der Waals surface area contributed by atoms with Crippen LogP contribution in [0.1, 0.15) is 0 Å². The minimum absolute atomic E-state index is 0.786. The second-order valence-electron chi connectivity index (χ2n) is 16.5. The summed E-state index contributed by atoms with van der Waals surface area (Å²) in [6.07, 6.45) is 0. The van der Waals surface area contributed by atoms with Gasteiger partial charge in [-0.15, -0.1) is 0 Å². The van der Waals surface area contributed by atoms with Crippen LogP contribution in [0.2, 0.25) is 0 Å². The third-order valence-electron chi connectivity index (χ3n) is 13.0. The van der Waals surface area contributed by atoms with Crippen LogP contribution in [0.4, 0.5) is 0 Å². The van der Waals surface area contributed by atoms with Crippen molar-refractivity contribution in [3.05, 3.63) is 206 Å². The van der Waals surface area contributed by atoms with E-state index in [1.165, 1.54) is 54.1 Å². The molecule has 0 unspecified atom stereocenters. The van der Waals surface area contributed by atoms with E-state index in [1.807, 2.05) is 36.4 Å². The molecule has 0 spiro atoms. The first-order chi connectivity index (χ1) is 31.2. The zero-order valence-corrected chi connectivity index (χ0v) is 33.8. The molecule has 0 aliphatic carbocycles. The molecule has 0 radical (unpaired) electrons. The summed E-state index contributed by atoms with van der Waals surface area (Å²) in [5.41, 5.74) is 13.7. The van der Waals surface area contributed by atoms with Crippen molar-refractivity contribution in [2.24, 2.45) is 0 Å². The lowest BCUT2D eigenvalue weighted by molar-refractivity contribution is 0.670. The van der Waals surface area contributed by atoms with Gasteiger partial charge in [0, 0.05) is 54.5 Å². The van der Waals surface area contributed by atoms with Crippen molar-refractivity contribution in [3.63, 3.8) is 0 Å². The summed E-state index contributed by atoms with van der Waals surface area (Å²) in [4.78, 5) is 10.7. The molecule has 63 heavy (non-hydrogen) atoms. The van der Waals surface area contributed by atoms with Gasteiger partial charge in [-0.3, -0.25) is 0 Å². The summed E-state index contributed by atoms with van der Waals surface area (Å²) in [5, 5.41) is 11.9. The summed E-state index contributed by atoms with van der Waals surface area (Å²) in [6.45, 7) is 0. The molecule has 10 aromatic carbocycles.